The van der Waals surface area contributed by atoms with Gasteiger partial charge in [0.2, 0.25) is 0 Å². The fourth-order valence-electron chi connectivity index (χ4n) is 4.21. The minimum absolute atomic E-state index is 0.201. The lowest BCUT2D eigenvalue weighted by molar-refractivity contribution is 0.0240. The van der Waals surface area contributed by atoms with Gasteiger partial charge in [0.1, 0.15) is 0 Å². The molecular weight excluding hydrogens is 474 g/mol. The van der Waals surface area contributed by atoms with Crippen LogP contribution in [0.2, 0.25) is 5.02 Å². The Bertz CT molecular complexity index is 1150. The molecule has 2 unspecified atom stereocenters. The number of hydrogen-bond acceptors (Lipinski definition) is 5. The second kappa shape index (κ2) is 13.2. The molecule has 0 aliphatic heterocycles. The molecule has 3 aromatic rings. The normalized spacial score (nSPS) is 14.2. The van der Waals surface area contributed by atoms with E-state index in [4.69, 9.17) is 11.6 Å². The van der Waals surface area contributed by atoms with Gasteiger partial charge in [-0.15, -0.1) is 0 Å². The molecule has 0 radical (unpaired) electrons. The maximum Gasteiger partial charge on any atom is 0.251 e. The highest BCUT2D eigenvalue weighted by Gasteiger charge is 2.27. The van der Waals surface area contributed by atoms with E-state index in [1.165, 1.54) is 0 Å². The second-order valence-corrected chi connectivity index (χ2v) is 9.31. The molecule has 4 N–H and O–H groups in total. The molecule has 0 bridgehead atoms. The molecule has 1 amide bonds. The number of carbonyl (C=O) groups excluding carboxylic acids is 1. The van der Waals surface area contributed by atoms with Crippen LogP contribution in [0.4, 0.5) is 0 Å². The van der Waals surface area contributed by atoms with Crippen LogP contribution in [0.15, 0.2) is 84.0 Å². The van der Waals surface area contributed by atoms with Gasteiger partial charge in [0.05, 0.1) is 11.3 Å². The fraction of sp³-hybridized carbons (Fsp3) is 0.310. The third kappa shape index (κ3) is 7.17. The first-order chi connectivity index (χ1) is 17.4. The van der Waals surface area contributed by atoms with Crippen molar-refractivity contribution in [3.05, 3.63) is 106 Å². The predicted octanol–water partition coefficient (Wildman–Crippen LogP) is 5.27. The molecule has 3 aromatic carbocycles. The van der Waals surface area contributed by atoms with Crippen LogP contribution in [-0.4, -0.2) is 41.6 Å². The summed E-state index contributed by atoms with van der Waals surface area (Å²) < 4.78 is 0. The maximum absolute atomic E-state index is 12.7. The van der Waals surface area contributed by atoms with Crippen LogP contribution in [-0.2, 0) is 5.60 Å². The molecule has 3 rings (SSSR count). The molecule has 0 saturated heterocycles. The smallest absolute Gasteiger partial charge is 0.251 e. The van der Waals surface area contributed by atoms with E-state index in [9.17, 15) is 15.1 Å². The molecule has 0 aromatic heterocycles. The number of halogens is 1. The van der Waals surface area contributed by atoms with Crippen molar-refractivity contribution < 1.29 is 15.1 Å². The molecule has 190 valence electrons. The van der Waals surface area contributed by atoms with Gasteiger partial charge in [-0.05, 0) is 61.2 Å². The third-order valence-electron chi connectivity index (χ3n) is 6.54. The summed E-state index contributed by atoms with van der Waals surface area (Å²) in [6, 6.07) is 24.2. The Kier molecular flexibility index (Phi) is 10.1. The van der Waals surface area contributed by atoms with E-state index in [1.807, 2.05) is 80.6 Å². The second-order valence-electron chi connectivity index (χ2n) is 8.91. The van der Waals surface area contributed by atoms with Crippen molar-refractivity contribution in [3.8, 4) is 0 Å². The summed E-state index contributed by atoms with van der Waals surface area (Å²) in [4.78, 5) is 12.7. The fourth-order valence-corrected chi connectivity index (χ4v) is 4.33. The Morgan fingerprint density at radius 1 is 1.06 bits per heavy atom. The topological polar surface area (TPSA) is 93.9 Å². The zero-order valence-corrected chi connectivity index (χ0v) is 21.5. The summed E-state index contributed by atoms with van der Waals surface area (Å²) in [6.07, 6.45) is 1.08. The van der Waals surface area contributed by atoms with E-state index >= 15 is 0 Å². The number of carbonyl (C=O) groups is 1. The Morgan fingerprint density at radius 2 is 1.72 bits per heavy atom. The van der Waals surface area contributed by atoms with Crippen LogP contribution in [0, 0.1) is 6.92 Å². The molecular formula is C29H34ClN3O3. The average molecular weight is 508 g/mol. The number of nitrogens with one attached hydrogen (secondary N) is 2. The zero-order chi connectivity index (χ0) is 26.0. The number of rotatable bonds is 12. The summed E-state index contributed by atoms with van der Waals surface area (Å²) in [5, 5.41) is 31.5. The van der Waals surface area contributed by atoms with Gasteiger partial charge < -0.3 is 20.9 Å². The summed E-state index contributed by atoms with van der Waals surface area (Å²) in [5.74, 6) is -0.572. The Labute approximate surface area is 218 Å². The first-order valence-electron chi connectivity index (χ1n) is 12.2. The van der Waals surface area contributed by atoms with E-state index in [0.717, 1.165) is 16.7 Å². The SMILES string of the molecule is CCC(O)(CCNC/C(=N/O)C(CNC(=O)c1ccccc1)c1ccc(Cl)c(C)c1)c1ccccc1. The van der Waals surface area contributed by atoms with Crippen molar-refractivity contribution in [1.29, 1.82) is 0 Å². The third-order valence-corrected chi connectivity index (χ3v) is 6.96. The predicted molar refractivity (Wildman–Crippen MR) is 145 cm³/mol. The highest BCUT2D eigenvalue weighted by atomic mass is 35.5. The van der Waals surface area contributed by atoms with E-state index in [-0.39, 0.29) is 18.4 Å². The first-order valence-corrected chi connectivity index (χ1v) is 12.5. The number of oxime groups is 1. The number of aliphatic hydroxyl groups is 1. The van der Waals surface area contributed by atoms with Gasteiger partial charge in [0, 0.05) is 29.6 Å². The van der Waals surface area contributed by atoms with Crippen molar-refractivity contribution in [2.75, 3.05) is 19.6 Å². The van der Waals surface area contributed by atoms with Gasteiger partial charge in [-0.2, -0.15) is 0 Å². The molecule has 0 saturated carbocycles. The standard InChI is InChI=1S/C29H34ClN3O3/c1-3-29(35,24-12-8-5-9-13-24)16-17-31-20-27(33-36)25(23-14-15-26(30)21(2)18-23)19-32-28(34)22-10-6-4-7-11-22/h4-15,18,25,31,35-36H,3,16-17,19-20H2,1-2H3,(H,32,34)/b33-27-. The molecule has 0 aliphatic rings. The van der Waals surface area contributed by atoms with E-state index in [0.29, 0.717) is 42.2 Å². The number of aryl methyl sites for hydroxylation is 1. The monoisotopic (exact) mass is 507 g/mol. The summed E-state index contributed by atoms with van der Waals surface area (Å²) >= 11 is 6.23. The highest BCUT2D eigenvalue weighted by Crippen LogP contribution is 2.28. The van der Waals surface area contributed by atoms with E-state index in [2.05, 4.69) is 15.8 Å². The van der Waals surface area contributed by atoms with Crippen LogP contribution >= 0.6 is 11.6 Å². The van der Waals surface area contributed by atoms with Crippen molar-refractivity contribution in [2.24, 2.45) is 5.16 Å². The van der Waals surface area contributed by atoms with Gasteiger partial charge in [0.15, 0.2) is 0 Å². The number of benzene rings is 3. The molecule has 0 spiro atoms. The molecule has 0 fully saturated rings. The summed E-state index contributed by atoms with van der Waals surface area (Å²) in [7, 11) is 0. The van der Waals surface area contributed by atoms with Crippen LogP contribution in [0.1, 0.15) is 52.7 Å². The van der Waals surface area contributed by atoms with Crippen molar-refractivity contribution in [2.45, 2.75) is 38.2 Å². The molecule has 6 nitrogen and oxygen atoms in total. The number of amides is 1. The van der Waals surface area contributed by atoms with Crippen molar-refractivity contribution in [1.82, 2.24) is 10.6 Å². The first kappa shape index (κ1) is 27.4. The van der Waals surface area contributed by atoms with Gasteiger partial charge in [-0.1, -0.05) is 84.3 Å². The lowest BCUT2D eigenvalue weighted by Gasteiger charge is -2.28. The van der Waals surface area contributed by atoms with Crippen LogP contribution in [0.3, 0.4) is 0 Å². The summed E-state index contributed by atoms with van der Waals surface area (Å²) in [5.41, 5.74) is 2.75. The van der Waals surface area contributed by atoms with Crippen LogP contribution in [0.25, 0.3) is 0 Å². The van der Waals surface area contributed by atoms with Crippen LogP contribution in [0.5, 0.6) is 0 Å². The van der Waals surface area contributed by atoms with E-state index in [1.54, 1.807) is 12.1 Å². The average Bonchev–Trinajstić information content (AvgIpc) is 2.92. The van der Waals surface area contributed by atoms with Gasteiger partial charge in [0.25, 0.3) is 5.91 Å². The Morgan fingerprint density at radius 3 is 2.33 bits per heavy atom. The highest BCUT2D eigenvalue weighted by molar-refractivity contribution is 6.31. The van der Waals surface area contributed by atoms with Crippen LogP contribution < -0.4 is 10.6 Å². The largest absolute Gasteiger partial charge is 0.411 e. The summed E-state index contributed by atoms with van der Waals surface area (Å²) in [6.45, 7) is 4.93. The maximum atomic E-state index is 12.7. The quantitative estimate of drug-likeness (QED) is 0.116. The number of nitrogens with zero attached hydrogens (tertiary/aromatic N) is 1. The lowest BCUT2D eigenvalue weighted by Crippen LogP contribution is -2.37. The molecule has 0 aliphatic carbocycles. The lowest BCUT2D eigenvalue weighted by atomic mass is 9.88. The Balaban J connectivity index is 1.70. The minimum Gasteiger partial charge on any atom is -0.411 e. The minimum atomic E-state index is -0.943. The van der Waals surface area contributed by atoms with Crippen molar-refractivity contribution in [3.63, 3.8) is 0 Å². The molecule has 2 atom stereocenters. The zero-order valence-electron chi connectivity index (χ0n) is 20.7. The number of hydrogen-bond donors (Lipinski definition) is 4. The van der Waals surface area contributed by atoms with Gasteiger partial charge >= 0.3 is 0 Å². The van der Waals surface area contributed by atoms with Gasteiger partial charge in [-0.25, -0.2) is 0 Å². The van der Waals surface area contributed by atoms with Gasteiger partial charge in [-0.3, -0.25) is 4.79 Å². The molecule has 0 heterocycles. The van der Waals surface area contributed by atoms with E-state index < -0.39 is 5.60 Å². The molecule has 7 heteroatoms. The van der Waals surface area contributed by atoms with Crippen molar-refractivity contribution >= 4 is 23.2 Å². The Hall–Kier alpha value is -3.19. The molecule has 36 heavy (non-hydrogen) atoms.